The summed E-state index contributed by atoms with van der Waals surface area (Å²) in [4.78, 5) is 12.1. The van der Waals surface area contributed by atoms with Gasteiger partial charge >= 0.3 is 5.97 Å². The molecule has 1 atom stereocenters. The second-order valence-electron chi connectivity index (χ2n) is 5.13. The second kappa shape index (κ2) is 6.11. The van der Waals surface area contributed by atoms with Gasteiger partial charge in [0.15, 0.2) is 17.3 Å². The van der Waals surface area contributed by atoms with Crippen molar-refractivity contribution in [2.45, 2.75) is 12.7 Å². The molecule has 1 aliphatic rings. The third-order valence-electron chi connectivity index (χ3n) is 3.46. The number of nitrogens with zero attached hydrogens (tertiary/aromatic N) is 1. The van der Waals surface area contributed by atoms with E-state index in [4.69, 9.17) is 23.2 Å². The van der Waals surface area contributed by atoms with Crippen LogP contribution in [0.1, 0.15) is 5.69 Å². The second-order valence-corrected chi connectivity index (χ2v) is 5.13. The monoisotopic (exact) mass is 327 g/mol. The molecule has 3 aromatic rings. The summed E-state index contributed by atoms with van der Waals surface area (Å²) in [6, 6.07) is 12.3. The lowest BCUT2D eigenvalue weighted by atomic mass is 10.2. The fourth-order valence-corrected chi connectivity index (χ4v) is 2.29. The number of fused-ring (bicyclic) bond motifs is 1. The van der Waals surface area contributed by atoms with Gasteiger partial charge in [-0.3, -0.25) is 0 Å². The SMILES string of the molecule is O=C(OCc1cc(-c2ccco2)on1)C1COc2ccccc2O1. The number of ether oxygens (including phenoxy) is 3. The predicted molar refractivity (Wildman–Crippen MR) is 80.4 cm³/mol. The smallest absolute Gasteiger partial charge is 0.351 e. The molecule has 0 fully saturated rings. The first-order chi connectivity index (χ1) is 11.8. The molecule has 24 heavy (non-hydrogen) atoms. The molecule has 0 saturated carbocycles. The van der Waals surface area contributed by atoms with Gasteiger partial charge in [0.05, 0.1) is 6.26 Å². The van der Waals surface area contributed by atoms with Gasteiger partial charge in [-0.25, -0.2) is 4.79 Å². The first-order valence-electron chi connectivity index (χ1n) is 7.34. The highest BCUT2D eigenvalue weighted by atomic mass is 16.6. The van der Waals surface area contributed by atoms with E-state index in [0.29, 0.717) is 28.7 Å². The van der Waals surface area contributed by atoms with Crippen molar-refractivity contribution in [3.05, 3.63) is 54.4 Å². The minimum Gasteiger partial charge on any atom is -0.485 e. The Morgan fingerprint density at radius 2 is 2.04 bits per heavy atom. The molecule has 0 radical (unpaired) electrons. The minimum absolute atomic E-state index is 0.0233. The van der Waals surface area contributed by atoms with Crippen LogP contribution >= 0.6 is 0 Å². The summed E-state index contributed by atoms with van der Waals surface area (Å²) in [5.41, 5.74) is 0.479. The lowest BCUT2D eigenvalue weighted by Gasteiger charge is -2.24. The summed E-state index contributed by atoms with van der Waals surface area (Å²) < 4.78 is 26.6. The van der Waals surface area contributed by atoms with Crippen molar-refractivity contribution in [2.24, 2.45) is 0 Å². The van der Waals surface area contributed by atoms with Crippen LogP contribution < -0.4 is 9.47 Å². The maximum absolute atomic E-state index is 12.1. The standard InChI is InChI=1S/C17H13NO6/c19-17(16-10-21-12-4-1-2-5-14(12)23-16)22-9-11-8-15(24-18-11)13-6-3-7-20-13/h1-8,16H,9-10H2. The van der Waals surface area contributed by atoms with Crippen molar-refractivity contribution in [3.63, 3.8) is 0 Å². The number of aromatic nitrogens is 1. The third-order valence-corrected chi connectivity index (χ3v) is 3.46. The highest BCUT2D eigenvalue weighted by molar-refractivity contribution is 5.76. The van der Waals surface area contributed by atoms with Crippen molar-refractivity contribution >= 4 is 5.97 Å². The Morgan fingerprint density at radius 3 is 2.88 bits per heavy atom. The molecule has 2 aromatic heterocycles. The van der Waals surface area contributed by atoms with Crippen LogP contribution in [-0.4, -0.2) is 23.8 Å². The van der Waals surface area contributed by atoms with Crippen LogP contribution in [0.3, 0.4) is 0 Å². The number of esters is 1. The molecule has 7 nitrogen and oxygen atoms in total. The Hall–Kier alpha value is -3.22. The number of carbonyl (C=O) groups excluding carboxylic acids is 1. The zero-order chi connectivity index (χ0) is 16.4. The average Bonchev–Trinajstić information content (AvgIpc) is 3.30. The van der Waals surface area contributed by atoms with Crippen molar-refractivity contribution in [2.75, 3.05) is 6.61 Å². The predicted octanol–water partition coefficient (Wildman–Crippen LogP) is 2.82. The zero-order valence-corrected chi connectivity index (χ0v) is 12.5. The first kappa shape index (κ1) is 14.4. The van der Waals surface area contributed by atoms with E-state index >= 15 is 0 Å². The van der Waals surface area contributed by atoms with Crippen molar-refractivity contribution in [1.29, 1.82) is 0 Å². The number of furan rings is 1. The maximum atomic E-state index is 12.1. The van der Waals surface area contributed by atoms with Gasteiger partial charge in [-0.1, -0.05) is 17.3 Å². The summed E-state index contributed by atoms with van der Waals surface area (Å²) in [6.45, 7) is 0.0802. The van der Waals surface area contributed by atoms with Gasteiger partial charge in [0.25, 0.3) is 0 Å². The highest BCUT2D eigenvalue weighted by Crippen LogP contribution is 2.31. The van der Waals surface area contributed by atoms with E-state index in [1.165, 1.54) is 6.26 Å². The number of para-hydroxylation sites is 2. The minimum atomic E-state index is -0.809. The molecule has 122 valence electrons. The van der Waals surface area contributed by atoms with Gasteiger partial charge in [0.2, 0.25) is 11.9 Å². The molecule has 0 saturated heterocycles. The molecule has 1 aliphatic heterocycles. The molecule has 0 spiro atoms. The van der Waals surface area contributed by atoms with Crippen molar-refractivity contribution in [1.82, 2.24) is 5.16 Å². The molecule has 0 amide bonds. The highest BCUT2D eigenvalue weighted by Gasteiger charge is 2.28. The average molecular weight is 327 g/mol. The molecule has 3 heterocycles. The lowest BCUT2D eigenvalue weighted by Crippen LogP contribution is -2.37. The summed E-state index contributed by atoms with van der Waals surface area (Å²) in [7, 11) is 0. The van der Waals surface area contributed by atoms with Crippen LogP contribution in [0, 0.1) is 0 Å². The molecule has 1 unspecified atom stereocenters. The van der Waals surface area contributed by atoms with Crippen LogP contribution in [0.5, 0.6) is 11.5 Å². The van der Waals surface area contributed by atoms with Crippen LogP contribution in [-0.2, 0) is 16.1 Å². The summed E-state index contributed by atoms with van der Waals surface area (Å²) in [6.07, 6.45) is 0.729. The largest absolute Gasteiger partial charge is 0.485 e. The van der Waals surface area contributed by atoms with Crippen LogP contribution in [0.15, 0.2) is 57.7 Å². The van der Waals surface area contributed by atoms with Gasteiger partial charge in [-0.2, -0.15) is 0 Å². The Labute approximate surface area is 136 Å². The van der Waals surface area contributed by atoms with Gasteiger partial charge in [0, 0.05) is 6.07 Å². The first-order valence-corrected chi connectivity index (χ1v) is 7.34. The Bertz CT molecular complexity index is 838. The van der Waals surface area contributed by atoms with Crippen LogP contribution in [0.4, 0.5) is 0 Å². The molecular formula is C17H13NO6. The number of benzene rings is 1. The molecule has 4 rings (SSSR count). The summed E-state index contributed by atoms with van der Waals surface area (Å²) in [5, 5.41) is 3.84. The Balaban J connectivity index is 1.36. The van der Waals surface area contributed by atoms with E-state index in [9.17, 15) is 4.79 Å². The molecular weight excluding hydrogens is 314 g/mol. The van der Waals surface area contributed by atoms with Gasteiger partial charge in [-0.15, -0.1) is 0 Å². The summed E-state index contributed by atoms with van der Waals surface area (Å²) in [5.74, 6) is 1.64. The molecule has 1 aromatic carbocycles. The van der Waals surface area contributed by atoms with Crippen LogP contribution in [0.2, 0.25) is 0 Å². The van der Waals surface area contributed by atoms with Gasteiger partial charge in [0.1, 0.15) is 18.9 Å². The topological polar surface area (TPSA) is 83.9 Å². The Morgan fingerprint density at radius 1 is 1.17 bits per heavy atom. The van der Waals surface area contributed by atoms with E-state index in [2.05, 4.69) is 5.16 Å². The quantitative estimate of drug-likeness (QED) is 0.681. The number of hydrogen-bond donors (Lipinski definition) is 0. The fourth-order valence-electron chi connectivity index (χ4n) is 2.29. The van der Waals surface area contributed by atoms with E-state index in [-0.39, 0.29) is 13.2 Å². The van der Waals surface area contributed by atoms with E-state index in [1.807, 2.05) is 12.1 Å². The van der Waals surface area contributed by atoms with Gasteiger partial charge < -0.3 is 23.2 Å². The number of hydrogen-bond acceptors (Lipinski definition) is 7. The lowest BCUT2D eigenvalue weighted by molar-refractivity contribution is -0.156. The summed E-state index contributed by atoms with van der Waals surface area (Å²) >= 11 is 0. The fraction of sp³-hybridized carbons (Fsp3) is 0.176. The molecule has 0 aliphatic carbocycles. The number of rotatable bonds is 4. The molecule has 0 N–H and O–H groups in total. The van der Waals surface area contributed by atoms with Crippen molar-refractivity contribution < 1.29 is 27.9 Å². The molecule has 7 heteroatoms. The van der Waals surface area contributed by atoms with E-state index in [1.54, 1.807) is 30.3 Å². The third kappa shape index (κ3) is 2.83. The molecule has 0 bridgehead atoms. The van der Waals surface area contributed by atoms with E-state index in [0.717, 1.165) is 0 Å². The van der Waals surface area contributed by atoms with Crippen molar-refractivity contribution in [3.8, 4) is 23.0 Å². The zero-order valence-electron chi connectivity index (χ0n) is 12.5. The number of carbonyl (C=O) groups is 1. The maximum Gasteiger partial charge on any atom is 0.351 e. The Kier molecular flexibility index (Phi) is 3.66. The normalized spacial score (nSPS) is 15.9. The van der Waals surface area contributed by atoms with Crippen LogP contribution in [0.25, 0.3) is 11.5 Å². The van der Waals surface area contributed by atoms with Gasteiger partial charge in [-0.05, 0) is 24.3 Å². The van der Waals surface area contributed by atoms with E-state index < -0.39 is 12.1 Å².